The van der Waals surface area contributed by atoms with Crippen LogP contribution in [0, 0.1) is 15.9 Å². The van der Waals surface area contributed by atoms with Gasteiger partial charge in [0.05, 0.1) is 4.92 Å². The van der Waals surface area contributed by atoms with Gasteiger partial charge in [0.15, 0.2) is 5.82 Å². The van der Waals surface area contributed by atoms with E-state index in [0.717, 1.165) is 12.8 Å². The van der Waals surface area contributed by atoms with Gasteiger partial charge < -0.3 is 5.32 Å². The maximum Gasteiger partial charge on any atom is 0.295 e. The Bertz CT molecular complexity index is 378. The molecule has 0 radical (unpaired) electrons. The van der Waals surface area contributed by atoms with Gasteiger partial charge >= 0.3 is 0 Å². The van der Waals surface area contributed by atoms with Crippen molar-refractivity contribution in [1.29, 1.82) is 0 Å². The van der Waals surface area contributed by atoms with Crippen molar-refractivity contribution in [2.24, 2.45) is 0 Å². The van der Waals surface area contributed by atoms with Gasteiger partial charge in [-0.15, -0.1) is 0 Å². The molecule has 5 heteroatoms. The molecule has 16 heavy (non-hydrogen) atoms. The maximum absolute atomic E-state index is 13.5. The Morgan fingerprint density at radius 1 is 1.44 bits per heavy atom. The van der Waals surface area contributed by atoms with Crippen LogP contribution in [0.2, 0.25) is 0 Å². The second-order valence-corrected chi connectivity index (χ2v) is 3.55. The molecule has 1 N–H and O–H groups in total. The van der Waals surface area contributed by atoms with E-state index in [1.165, 1.54) is 18.2 Å². The van der Waals surface area contributed by atoms with Gasteiger partial charge in [0.2, 0.25) is 0 Å². The predicted molar refractivity (Wildman–Crippen MR) is 61.0 cm³/mol. The van der Waals surface area contributed by atoms with Gasteiger partial charge in [-0.25, -0.2) is 4.39 Å². The summed E-state index contributed by atoms with van der Waals surface area (Å²) in [7, 11) is 0. The van der Waals surface area contributed by atoms with E-state index in [0.29, 0.717) is 0 Å². The standard InChI is InChI=1S/C11H15FN2O2/c1-3-8(4-2)13-11-9(12)6-5-7-10(11)14(15)16/h5-8,13H,3-4H2,1-2H3. The minimum Gasteiger partial charge on any atom is -0.374 e. The van der Waals surface area contributed by atoms with Gasteiger partial charge in [0.25, 0.3) is 5.69 Å². The largest absolute Gasteiger partial charge is 0.374 e. The Labute approximate surface area is 93.6 Å². The highest BCUT2D eigenvalue weighted by Gasteiger charge is 2.19. The number of anilines is 1. The Balaban J connectivity index is 3.05. The molecule has 0 aliphatic carbocycles. The first kappa shape index (κ1) is 12.4. The third kappa shape index (κ3) is 2.68. The molecule has 1 aromatic rings. The summed E-state index contributed by atoms with van der Waals surface area (Å²) < 4.78 is 13.5. The van der Waals surface area contributed by atoms with Crippen LogP contribution in [-0.2, 0) is 0 Å². The lowest BCUT2D eigenvalue weighted by Gasteiger charge is -2.16. The number of nitro groups is 1. The number of hydrogen-bond donors (Lipinski definition) is 1. The lowest BCUT2D eigenvalue weighted by Crippen LogP contribution is -2.18. The number of halogens is 1. The number of nitrogens with zero attached hydrogens (tertiary/aromatic N) is 1. The second kappa shape index (κ2) is 5.44. The maximum atomic E-state index is 13.5. The summed E-state index contributed by atoms with van der Waals surface area (Å²) in [6, 6.07) is 3.91. The fraction of sp³-hybridized carbons (Fsp3) is 0.455. The summed E-state index contributed by atoms with van der Waals surface area (Å²) in [5.74, 6) is -0.582. The van der Waals surface area contributed by atoms with Crippen molar-refractivity contribution in [1.82, 2.24) is 0 Å². The van der Waals surface area contributed by atoms with Crippen molar-refractivity contribution in [3.63, 3.8) is 0 Å². The van der Waals surface area contributed by atoms with Crippen LogP contribution in [0.1, 0.15) is 26.7 Å². The average molecular weight is 226 g/mol. The van der Waals surface area contributed by atoms with Gasteiger partial charge in [-0.3, -0.25) is 10.1 Å². The number of para-hydroxylation sites is 1. The number of nitro benzene ring substituents is 1. The molecule has 0 saturated heterocycles. The average Bonchev–Trinajstić information content (AvgIpc) is 2.27. The molecule has 0 bridgehead atoms. The molecule has 0 saturated carbocycles. The number of rotatable bonds is 5. The molecular weight excluding hydrogens is 211 g/mol. The van der Waals surface area contributed by atoms with E-state index in [4.69, 9.17) is 0 Å². The molecule has 1 rings (SSSR count). The Morgan fingerprint density at radius 2 is 2.06 bits per heavy atom. The Kier molecular flexibility index (Phi) is 4.22. The number of nitrogens with one attached hydrogen (secondary N) is 1. The zero-order valence-electron chi connectivity index (χ0n) is 9.37. The van der Waals surface area contributed by atoms with Crippen LogP contribution in [0.4, 0.5) is 15.8 Å². The van der Waals surface area contributed by atoms with Gasteiger partial charge in [-0.05, 0) is 18.9 Å². The van der Waals surface area contributed by atoms with Crippen molar-refractivity contribution in [3.05, 3.63) is 34.1 Å². The Hall–Kier alpha value is -1.65. The summed E-state index contributed by atoms with van der Waals surface area (Å²) in [5, 5.41) is 13.6. The monoisotopic (exact) mass is 226 g/mol. The first-order valence-corrected chi connectivity index (χ1v) is 5.29. The van der Waals surface area contributed by atoms with Crippen LogP contribution in [0.3, 0.4) is 0 Å². The van der Waals surface area contributed by atoms with Crippen LogP contribution in [0.15, 0.2) is 18.2 Å². The minimum absolute atomic E-state index is 0.0128. The molecule has 0 spiro atoms. The molecule has 0 fully saturated rings. The van der Waals surface area contributed by atoms with Crippen molar-refractivity contribution >= 4 is 11.4 Å². The SMILES string of the molecule is CCC(CC)Nc1c(F)cccc1[N+](=O)[O-]. The Morgan fingerprint density at radius 3 is 2.56 bits per heavy atom. The van der Waals surface area contributed by atoms with Crippen molar-refractivity contribution in [3.8, 4) is 0 Å². The molecule has 0 aliphatic rings. The van der Waals surface area contributed by atoms with E-state index < -0.39 is 10.7 Å². The summed E-state index contributed by atoms with van der Waals surface area (Å²) in [5.41, 5.74) is -0.229. The summed E-state index contributed by atoms with van der Waals surface area (Å²) in [4.78, 5) is 10.2. The van der Waals surface area contributed by atoms with E-state index in [2.05, 4.69) is 5.32 Å². The second-order valence-electron chi connectivity index (χ2n) is 3.55. The zero-order valence-corrected chi connectivity index (χ0v) is 9.37. The molecule has 0 aromatic heterocycles. The molecule has 0 heterocycles. The predicted octanol–water partition coefficient (Wildman–Crippen LogP) is 3.33. The van der Waals surface area contributed by atoms with Crippen LogP contribution >= 0.6 is 0 Å². The van der Waals surface area contributed by atoms with Gasteiger partial charge in [0.1, 0.15) is 5.69 Å². The van der Waals surface area contributed by atoms with E-state index in [9.17, 15) is 14.5 Å². The summed E-state index contributed by atoms with van der Waals surface area (Å²) in [6.45, 7) is 3.90. The number of hydrogen-bond acceptors (Lipinski definition) is 3. The number of benzene rings is 1. The molecule has 4 nitrogen and oxygen atoms in total. The molecule has 0 amide bonds. The van der Waals surface area contributed by atoms with Crippen molar-refractivity contribution in [2.45, 2.75) is 32.7 Å². The van der Waals surface area contributed by atoms with E-state index in [-0.39, 0.29) is 17.4 Å². The molecule has 0 unspecified atom stereocenters. The molecule has 0 aliphatic heterocycles. The van der Waals surface area contributed by atoms with E-state index in [1.54, 1.807) is 0 Å². The zero-order chi connectivity index (χ0) is 12.1. The lowest BCUT2D eigenvalue weighted by molar-refractivity contribution is -0.384. The van der Waals surface area contributed by atoms with Crippen molar-refractivity contribution < 1.29 is 9.31 Å². The third-order valence-corrected chi connectivity index (χ3v) is 2.52. The van der Waals surface area contributed by atoms with Crippen LogP contribution in [0.25, 0.3) is 0 Å². The van der Waals surface area contributed by atoms with Crippen LogP contribution in [-0.4, -0.2) is 11.0 Å². The smallest absolute Gasteiger partial charge is 0.295 e. The summed E-state index contributed by atoms with van der Waals surface area (Å²) >= 11 is 0. The lowest BCUT2D eigenvalue weighted by atomic mass is 10.1. The van der Waals surface area contributed by atoms with Gasteiger partial charge in [-0.2, -0.15) is 0 Å². The van der Waals surface area contributed by atoms with Gasteiger partial charge in [0, 0.05) is 12.1 Å². The highest BCUT2D eigenvalue weighted by Crippen LogP contribution is 2.28. The fourth-order valence-corrected chi connectivity index (χ4v) is 1.50. The fourth-order valence-electron chi connectivity index (χ4n) is 1.50. The highest BCUT2D eigenvalue weighted by molar-refractivity contribution is 5.62. The first-order chi connectivity index (χ1) is 7.60. The summed E-state index contributed by atoms with van der Waals surface area (Å²) in [6.07, 6.45) is 1.59. The first-order valence-electron chi connectivity index (χ1n) is 5.29. The molecule has 1 aromatic carbocycles. The van der Waals surface area contributed by atoms with Crippen LogP contribution in [0.5, 0.6) is 0 Å². The quantitative estimate of drug-likeness (QED) is 0.618. The van der Waals surface area contributed by atoms with Crippen molar-refractivity contribution in [2.75, 3.05) is 5.32 Å². The molecule has 88 valence electrons. The third-order valence-electron chi connectivity index (χ3n) is 2.52. The highest BCUT2D eigenvalue weighted by atomic mass is 19.1. The van der Waals surface area contributed by atoms with Gasteiger partial charge in [-0.1, -0.05) is 19.9 Å². The van der Waals surface area contributed by atoms with E-state index >= 15 is 0 Å². The van der Waals surface area contributed by atoms with E-state index in [1.807, 2.05) is 13.8 Å². The van der Waals surface area contributed by atoms with Crippen LogP contribution < -0.4 is 5.32 Å². The minimum atomic E-state index is -0.582. The molecule has 0 atom stereocenters. The molecular formula is C11H15FN2O2. The normalized spacial score (nSPS) is 10.5. The topological polar surface area (TPSA) is 55.2 Å².